The molecule has 2 aromatic rings. The van der Waals surface area contributed by atoms with Crippen molar-refractivity contribution in [3.05, 3.63) is 36.4 Å². The van der Waals surface area contributed by atoms with E-state index in [4.69, 9.17) is 10.5 Å². The van der Waals surface area contributed by atoms with E-state index in [0.29, 0.717) is 42.0 Å². The molecule has 0 unspecified atom stereocenters. The van der Waals surface area contributed by atoms with Crippen molar-refractivity contribution < 1.29 is 17.9 Å². The fourth-order valence-electron chi connectivity index (χ4n) is 3.76. The second kappa shape index (κ2) is 9.01. The van der Waals surface area contributed by atoms with Crippen LogP contribution in [0.5, 0.6) is 0 Å². The summed E-state index contributed by atoms with van der Waals surface area (Å²) in [5.41, 5.74) is 6.09. The zero-order valence-corrected chi connectivity index (χ0v) is 18.6. The van der Waals surface area contributed by atoms with Crippen LogP contribution >= 0.6 is 0 Å². The summed E-state index contributed by atoms with van der Waals surface area (Å²) in [6.45, 7) is 6.80. The topological polar surface area (TPSA) is 111 Å². The van der Waals surface area contributed by atoms with Crippen LogP contribution in [0.25, 0.3) is 10.8 Å². The quantitative estimate of drug-likeness (QED) is 0.649. The van der Waals surface area contributed by atoms with Crippen molar-refractivity contribution in [2.45, 2.75) is 56.5 Å². The molecule has 1 saturated heterocycles. The van der Waals surface area contributed by atoms with Gasteiger partial charge < -0.3 is 15.8 Å². The van der Waals surface area contributed by atoms with Gasteiger partial charge in [-0.3, -0.25) is 4.79 Å². The second-order valence-corrected chi connectivity index (χ2v) is 10.6. The van der Waals surface area contributed by atoms with E-state index >= 15 is 0 Å². The molecule has 0 saturated carbocycles. The van der Waals surface area contributed by atoms with Gasteiger partial charge in [0, 0.05) is 35.2 Å². The molecule has 8 heteroatoms. The molecule has 1 amide bonds. The minimum absolute atomic E-state index is 0.178. The Bertz CT molecular complexity index is 1010. The van der Waals surface area contributed by atoms with Gasteiger partial charge in [-0.1, -0.05) is 24.3 Å². The maximum atomic E-state index is 12.9. The maximum absolute atomic E-state index is 12.9. The highest BCUT2D eigenvalue weighted by Crippen LogP contribution is 2.30. The van der Waals surface area contributed by atoms with E-state index in [2.05, 4.69) is 10.0 Å². The molecule has 0 radical (unpaired) electrons. The van der Waals surface area contributed by atoms with Gasteiger partial charge in [-0.25, -0.2) is 13.1 Å². The maximum Gasteiger partial charge on any atom is 0.241 e. The Hall–Kier alpha value is -2.00. The number of rotatable bonds is 6. The van der Waals surface area contributed by atoms with Crippen LogP contribution in [0.3, 0.4) is 0 Å². The van der Waals surface area contributed by atoms with Crippen molar-refractivity contribution in [2.75, 3.05) is 18.5 Å². The van der Waals surface area contributed by atoms with Crippen molar-refractivity contribution in [1.29, 1.82) is 0 Å². The number of nitrogens with two attached hydrogens (primary N) is 1. The molecule has 1 heterocycles. The first-order valence-corrected chi connectivity index (χ1v) is 11.7. The largest absolute Gasteiger partial charge is 0.381 e. The van der Waals surface area contributed by atoms with E-state index in [9.17, 15) is 13.2 Å². The molecule has 1 atom stereocenters. The Labute approximate surface area is 178 Å². The molecule has 1 aliphatic rings. The van der Waals surface area contributed by atoms with Crippen LogP contribution < -0.4 is 15.8 Å². The van der Waals surface area contributed by atoms with Gasteiger partial charge in [0.1, 0.15) is 0 Å². The number of benzene rings is 2. The van der Waals surface area contributed by atoms with Crippen molar-refractivity contribution in [1.82, 2.24) is 4.72 Å². The third-order valence-corrected chi connectivity index (χ3v) is 6.95. The van der Waals surface area contributed by atoms with E-state index in [1.165, 1.54) is 0 Å². The van der Waals surface area contributed by atoms with Gasteiger partial charge in [-0.05, 0) is 58.1 Å². The molecule has 0 bridgehead atoms. The van der Waals surface area contributed by atoms with Crippen LogP contribution in [0.1, 0.15) is 40.0 Å². The van der Waals surface area contributed by atoms with Gasteiger partial charge in [-0.2, -0.15) is 0 Å². The zero-order chi connectivity index (χ0) is 21.9. The highest BCUT2D eigenvalue weighted by atomic mass is 32.2. The fraction of sp³-hybridized carbons (Fsp3) is 0.500. The zero-order valence-electron chi connectivity index (χ0n) is 17.8. The number of fused-ring (bicyclic) bond motifs is 1. The highest BCUT2D eigenvalue weighted by Gasteiger charge is 2.25. The van der Waals surface area contributed by atoms with Crippen LogP contribution in [0.2, 0.25) is 0 Å². The van der Waals surface area contributed by atoms with Crippen LogP contribution in [0.4, 0.5) is 5.69 Å². The summed E-state index contributed by atoms with van der Waals surface area (Å²) in [5.74, 6) is 0.113. The average molecular weight is 434 g/mol. The van der Waals surface area contributed by atoms with E-state index in [1.54, 1.807) is 57.2 Å². The minimum atomic E-state index is -3.72. The lowest BCUT2D eigenvalue weighted by molar-refractivity contribution is -0.117. The first-order valence-electron chi connectivity index (χ1n) is 10.3. The van der Waals surface area contributed by atoms with E-state index in [-0.39, 0.29) is 10.8 Å². The molecule has 0 spiro atoms. The van der Waals surface area contributed by atoms with Gasteiger partial charge in [0.15, 0.2) is 0 Å². The van der Waals surface area contributed by atoms with Crippen molar-refractivity contribution in [3.8, 4) is 0 Å². The van der Waals surface area contributed by atoms with Gasteiger partial charge >= 0.3 is 0 Å². The molecular weight excluding hydrogens is 402 g/mol. The third kappa shape index (κ3) is 5.57. The number of hydrogen-bond acceptors (Lipinski definition) is 5. The summed E-state index contributed by atoms with van der Waals surface area (Å²) in [5, 5.41) is 4.09. The van der Waals surface area contributed by atoms with E-state index < -0.39 is 21.6 Å². The smallest absolute Gasteiger partial charge is 0.241 e. The normalized spacial score (nSPS) is 17.1. The Morgan fingerprint density at radius 1 is 1.13 bits per heavy atom. The van der Waals surface area contributed by atoms with E-state index in [1.807, 2.05) is 0 Å². The van der Waals surface area contributed by atoms with Gasteiger partial charge in [0.25, 0.3) is 0 Å². The first kappa shape index (κ1) is 22.7. The lowest BCUT2D eigenvalue weighted by Crippen LogP contribution is -2.40. The number of amides is 1. The van der Waals surface area contributed by atoms with E-state index in [0.717, 1.165) is 12.8 Å². The Morgan fingerprint density at radius 3 is 2.43 bits per heavy atom. The molecule has 7 nitrogen and oxygen atoms in total. The molecule has 164 valence electrons. The first-order chi connectivity index (χ1) is 14.1. The molecule has 1 fully saturated rings. The van der Waals surface area contributed by atoms with Crippen molar-refractivity contribution in [2.24, 2.45) is 11.7 Å². The summed E-state index contributed by atoms with van der Waals surface area (Å²) in [4.78, 5) is 12.9. The summed E-state index contributed by atoms with van der Waals surface area (Å²) < 4.78 is 33.8. The van der Waals surface area contributed by atoms with Crippen molar-refractivity contribution >= 4 is 32.4 Å². The van der Waals surface area contributed by atoms with Crippen LogP contribution in [0, 0.1) is 5.92 Å². The van der Waals surface area contributed by atoms with Crippen LogP contribution in [0.15, 0.2) is 41.3 Å². The average Bonchev–Trinajstić information content (AvgIpc) is 2.66. The summed E-state index contributed by atoms with van der Waals surface area (Å²) in [6, 6.07) is 9.65. The molecule has 0 aliphatic carbocycles. The molecular formula is C22H31N3O4S. The lowest BCUT2D eigenvalue weighted by Gasteiger charge is -2.24. The third-order valence-electron chi connectivity index (χ3n) is 5.13. The minimum Gasteiger partial charge on any atom is -0.381 e. The van der Waals surface area contributed by atoms with Gasteiger partial charge in [0.05, 0.1) is 10.9 Å². The molecule has 30 heavy (non-hydrogen) atoms. The summed E-state index contributed by atoms with van der Waals surface area (Å²) in [7, 11) is -3.72. The Kier molecular flexibility index (Phi) is 6.81. The van der Waals surface area contributed by atoms with Gasteiger partial charge in [-0.15, -0.1) is 0 Å². The molecule has 4 N–H and O–H groups in total. The summed E-state index contributed by atoms with van der Waals surface area (Å²) in [6.07, 6.45) is 2.43. The highest BCUT2D eigenvalue weighted by molar-refractivity contribution is 7.89. The lowest BCUT2D eigenvalue weighted by atomic mass is 9.92. The predicted molar refractivity (Wildman–Crippen MR) is 119 cm³/mol. The number of anilines is 1. The summed E-state index contributed by atoms with van der Waals surface area (Å²) >= 11 is 0. The molecule has 1 aliphatic heterocycles. The second-order valence-electron chi connectivity index (χ2n) is 8.90. The number of ether oxygens (including phenoxy) is 1. The van der Waals surface area contributed by atoms with Gasteiger partial charge in [0.2, 0.25) is 15.9 Å². The monoisotopic (exact) mass is 433 g/mol. The standard InChI is InChI=1S/C22H31N3O4S/c1-22(2,3)25-30(27,28)20-9-5-6-16-17(20)7-4-8-19(16)24-21(26)18(23)14-15-10-12-29-13-11-15/h4-9,15,18,25H,10-14,23H2,1-3H3,(H,24,26)/t18-/m0/s1. The van der Waals surface area contributed by atoms with Crippen LogP contribution in [-0.4, -0.2) is 39.1 Å². The number of nitrogens with one attached hydrogen (secondary N) is 2. The molecule has 2 aromatic carbocycles. The van der Waals surface area contributed by atoms with Crippen LogP contribution in [-0.2, 0) is 19.6 Å². The SMILES string of the molecule is CC(C)(C)NS(=O)(=O)c1cccc2c(NC(=O)[C@@H](N)CC3CCOCC3)cccc12. The molecule has 3 rings (SSSR count). The van der Waals surface area contributed by atoms with Crippen molar-refractivity contribution in [3.63, 3.8) is 0 Å². The Morgan fingerprint density at radius 2 is 1.77 bits per heavy atom. The predicted octanol–water partition coefficient (Wildman–Crippen LogP) is 3.00. The number of carbonyl (C=O) groups excluding carboxylic acids is 1. The molecule has 0 aromatic heterocycles. The number of carbonyl (C=O) groups is 1. The number of sulfonamides is 1. The number of hydrogen-bond donors (Lipinski definition) is 3. The fourth-order valence-corrected chi connectivity index (χ4v) is 5.40. The Balaban J connectivity index is 1.84.